The Kier molecular flexibility index (Phi) is 5.24. The first-order chi connectivity index (χ1) is 9.89. The second-order valence-corrected chi connectivity index (χ2v) is 7.93. The van der Waals surface area contributed by atoms with Crippen LogP contribution in [0.2, 0.25) is 0 Å². The van der Waals surface area contributed by atoms with Gasteiger partial charge in [0.25, 0.3) is 0 Å². The Morgan fingerprint density at radius 1 is 1.05 bits per heavy atom. The predicted molar refractivity (Wildman–Crippen MR) is 92.1 cm³/mol. The molecule has 1 unspecified atom stereocenters. The third-order valence-electron chi connectivity index (χ3n) is 3.16. The Hall–Kier alpha value is -0.690. The summed E-state index contributed by atoms with van der Waals surface area (Å²) in [6, 6.07) is 16.3. The third-order valence-corrected chi connectivity index (χ3v) is 6.89. The van der Waals surface area contributed by atoms with Crippen molar-refractivity contribution in [2.75, 3.05) is 5.33 Å². The standard InChI is InChI=1S/C15H15Br2NO2S/c1-15(11-16,12-7-3-2-4-8-12)18-21(19,20)14-10-6-5-9-13(14)17/h2-10,18H,11H2,1H3. The van der Waals surface area contributed by atoms with Gasteiger partial charge in [0.05, 0.1) is 10.4 Å². The minimum atomic E-state index is -3.64. The van der Waals surface area contributed by atoms with Crippen molar-refractivity contribution in [3.63, 3.8) is 0 Å². The minimum Gasteiger partial charge on any atom is -0.207 e. The number of sulfonamides is 1. The first kappa shape index (κ1) is 16.7. The van der Waals surface area contributed by atoms with Crippen molar-refractivity contribution in [2.24, 2.45) is 0 Å². The average Bonchev–Trinajstić information content (AvgIpc) is 2.48. The van der Waals surface area contributed by atoms with E-state index in [0.29, 0.717) is 9.80 Å². The molecular weight excluding hydrogens is 418 g/mol. The van der Waals surface area contributed by atoms with Gasteiger partial charge in [-0.25, -0.2) is 8.42 Å². The monoisotopic (exact) mass is 431 g/mol. The summed E-state index contributed by atoms with van der Waals surface area (Å²) in [5.74, 6) is 0. The quantitative estimate of drug-likeness (QED) is 0.724. The maximum Gasteiger partial charge on any atom is 0.242 e. The van der Waals surface area contributed by atoms with Crippen molar-refractivity contribution in [3.05, 3.63) is 64.6 Å². The van der Waals surface area contributed by atoms with Crippen LogP contribution >= 0.6 is 31.9 Å². The molecular formula is C15H15Br2NO2S. The summed E-state index contributed by atoms with van der Waals surface area (Å²) >= 11 is 6.70. The molecule has 1 N–H and O–H groups in total. The molecule has 112 valence electrons. The molecule has 0 aromatic heterocycles. The zero-order valence-corrected chi connectivity index (χ0v) is 15.4. The molecule has 0 aliphatic heterocycles. The van der Waals surface area contributed by atoms with Crippen LogP contribution in [0, 0.1) is 0 Å². The fourth-order valence-corrected chi connectivity index (χ4v) is 5.03. The fraction of sp³-hybridized carbons (Fsp3) is 0.200. The van der Waals surface area contributed by atoms with Crippen LogP contribution in [0.5, 0.6) is 0 Å². The molecule has 2 rings (SSSR count). The van der Waals surface area contributed by atoms with Crippen LogP contribution in [0.3, 0.4) is 0 Å². The lowest BCUT2D eigenvalue weighted by Crippen LogP contribution is -2.44. The summed E-state index contributed by atoms with van der Waals surface area (Å²) in [4.78, 5) is 0.230. The van der Waals surface area contributed by atoms with Gasteiger partial charge in [-0.2, -0.15) is 4.72 Å². The second-order valence-electron chi connectivity index (χ2n) is 4.87. The summed E-state index contributed by atoms with van der Waals surface area (Å²) in [6.07, 6.45) is 0. The first-order valence-electron chi connectivity index (χ1n) is 6.29. The number of hydrogen-bond acceptors (Lipinski definition) is 2. The molecule has 21 heavy (non-hydrogen) atoms. The van der Waals surface area contributed by atoms with Crippen molar-refractivity contribution < 1.29 is 8.42 Å². The maximum absolute atomic E-state index is 12.6. The van der Waals surface area contributed by atoms with Gasteiger partial charge in [0.15, 0.2) is 0 Å². The van der Waals surface area contributed by atoms with Crippen molar-refractivity contribution in [1.82, 2.24) is 4.72 Å². The number of nitrogens with one attached hydrogen (secondary N) is 1. The summed E-state index contributed by atoms with van der Waals surface area (Å²) < 4.78 is 28.6. The molecule has 6 heteroatoms. The van der Waals surface area contributed by atoms with E-state index in [4.69, 9.17) is 0 Å². The fourth-order valence-electron chi connectivity index (χ4n) is 1.98. The summed E-state index contributed by atoms with van der Waals surface area (Å²) in [5, 5.41) is 0.466. The van der Waals surface area contributed by atoms with Gasteiger partial charge in [-0.15, -0.1) is 0 Å². The molecule has 2 aromatic carbocycles. The van der Waals surface area contributed by atoms with E-state index in [9.17, 15) is 8.42 Å². The zero-order chi connectivity index (χ0) is 15.5. The van der Waals surface area contributed by atoms with Gasteiger partial charge in [0.1, 0.15) is 0 Å². The van der Waals surface area contributed by atoms with Crippen molar-refractivity contribution in [1.29, 1.82) is 0 Å². The van der Waals surface area contributed by atoms with Crippen molar-refractivity contribution in [3.8, 4) is 0 Å². The highest BCUT2D eigenvalue weighted by atomic mass is 79.9. The predicted octanol–water partition coefficient (Wildman–Crippen LogP) is 4.04. The Morgan fingerprint density at radius 2 is 1.62 bits per heavy atom. The molecule has 0 spiro atoms. The third kappa shape index (κ3) is 3.74. The lowest BCUT2D eigenvalue weighted by Gasteiger charge is -2.29. The van der Waals surface area contributed by atoms with Crippen LogP contribution < -0.4 is 4.72 Å². The van der Waals surface area contributed by atoms with Crippen LogP contribution in [-0.2, 0) is 15.6 Å². The summed E-state index contributed by atoms with van der Waals surface area (Å²) in [5.41, 5.74) is 0.174. The van der Waals surface area contributed by atoms with Gasteiger partial charge >= 0.3 is 0 Å². The van der Waals surface area contributed by atoms with E-state index in [-0.39, 0.29) is 4.90 Å². The van der Waals surface area contributed by atoms with Gasteiger partial charge in [-0.3, -0.25) is 0 Å². The molecule has 0 saturated heterocycles. The highest BCUT2D eigenvalue weighted by Crippen LogP contribution is 2.28. The van der Waals surface area contributed by atoms with E-state index < -0.39 is 15.6 Å². The van der Waals surface area contributed by atoms with Crippen molar-refractivity contribution in [2.45, 2.75) is 17.4 Å². The van der Waals surface area contributed by atoms with E-state index in [1.807, 2.05) is 37.3 Å². The normalized spacial score (nSPS) is 14.6. The van der Waals surface area contributed by atoms with Crippen LogP contribution in [0.25, 0.3) is 0 Å². The maximum atomic E-state index is 12.6. The highest BCUT2D eigenvalue weighted by Gasteiger charge is 2.32. The van der Waals surface area contributed by atoms with Gasteiger partial charge in [0.2, 0.25) is 10.0 Å². The number of rotatable bonds is 5. The lowest BCUT2D eigenvalue weighted by atomic mass is 9.96. The zero-order valence-electron chi connectivity index (χ0n) is 11.4. The van der Waals surface area contributed by atoms with E-state index >= 15 is 0 Å². The van der Waals surface area contributed by atoms with E-state index in [1.54, 1.807) is 24.3 Å². The molecule has 0 saturated carbocycles. The van der Waals surface area contributed by atoms with Gasteiger partial charge in [-0.1, -0.05) is 58.4 Å². The molecule has 0 aliphatic rings. The molecule has 2 aromatic rings. The van der Waals surface area contributed by atoms with E-state index in [2.05, 4.69) is 36.6 Å². The topological polar surface area (TPSA) is 46.2 Å². The smallest absolute Gasteiger partial charge is 0.207 e. The highest BCUT2D eigenvalue weighted by molar-refractivity contribution is 9.10. The van der Waals surface area contributed by atoms with Gasteiger partial charge < -0.3 is 0 Å². The van der Waals surface area contributed by atoms with Crippen molar-refractivity contribution >= 4 is 41.9 Å². The van der Waals surface area contributed by atoms with E-state index in [1.165, 1.54) is 0 Å². The molecule has 0 amide bonds. The molecule has 1 atom stereocenters. The summed E-state index contributed by atoms with van der Waals surface area (Å²) in [6.45, 7) is 1.85. The van der Waals surface area contributed by atoms with Crippen LogP contribution in [0.1, 0.15) is 12.5 Å². The minimum absolute atomic E-state index is 0.230. The number of benzene rings is 2. The molecule has 0 fully saturated rings. The molecule has 0 aliphatic carbocycles. The second kappa shape index (κ2) is 6.60. The Labute approximate surface area is 142 Å². The Bertz CT molecular complexity index is 719. The van der Waals surface area contributed by atoms with Gasteiger partial charge in [-0.05, 0) is 40.5 Å². The van der Waals surface area contributed by atoms with Gasteiger partial charge in [0, 0.05) is 9.80 Å². The first-order valence-corrected chi connectivity index (χ1v) is 9.69. The largest absolute Gasteiger partial charge is 0.242 e. The number of hydrogen-bond donors (Lipinski definition) is 1. The molecule has 0 radical (unpaired) electrons. The van der Waals surface area contributed by atoms with Crippen LogP contribution in [0.15, 0.2) is 64.0 Å². The SMILES string of the molecule is CC(CBr)(NS(=O)(=O)c1ccccc1Br)c1ccccc1. The Morgan fingerprint density at radius 3 is 2.19 bits per heavy atom. The number of halogens is 2. The lowest BCUT2D eigenvalue weighted by molar-refractivity contribution is 0.482. The number of alkyl halides is 1. The summed E-state index contributed by atoms with van der Waals surface area (Å²) in [7, 11) is -3.64. The Balaban J connectivity index is 2.41. The molecule has 0 bridgehead atoms. The molecule has 0 heterocycles. The average molecular weight is 433 g/mol. The van der Waals surface area contributed by atoms with E-state index in [0.717, 1.165) is 5.56 Å². The molecule has 3 nitrogen and oxygen atoms in total. The van der Waals surface area contributed by atoms with Crippen LogP contribution in [-0.4, -0.2) is 13.7 Å². The van der Waals surface area contributed by atoms with Crippen LogP contribution in [0.4, 0.5) is 0 Å².